The number of methoxy groups -OCH3 is 1. The molecule has 0 aromatic heterocycles. The van der Waals surface area contributed by atoms with Gasteiger partial charge in [0, 0.05) is 27.5 Å². The van der Waals surface area contributed by atoms with E-state index in [0.29, 0.717) is 5.56 Å². The fraction of sp³-hybridized carbons (Fsp3) is 0.286. The maximum Gasteiger partial charge on any atom is 0.188 e. The third-order valence-corrected chi connectivity index (χ3v) is 4.58. The SMILES string of the molecule is CCCCC/C(=C\C(=O)c1ccccc1Br)Nc1ccc(OC)cc1. The molecule has 0 fully saturated rings. The van der Waals surface area contributed by atoms with Gasteiger partial charge < -0.3 is 10.1 Å². The minimum Gasteiger partial charge on any atom is -0.497 e. The number of anilines is 1. The van der Waals surface area contributed by atoms with Gasteiger partial charge in [0.15, 0.2) is 5.78 Å². The van der Waals surface area contributed by atoms with Crippen LogP contribution in [0.4, 0.5) is 5.69 Å². The van der Waals surface area contributed by atoms with Gasteiger partial charge in [-0.2, -0.15) is 0 Å². The van der Waals surface area contributed by atoms with Gasteiger partial charge in [-0.3, -0.25) is 4.79 Å². The van der Waals surface area contributed by atoms with Crippen LogP contribution in [0, 0.1) is 0 Å². The van der Waals surface area contributed by atoms with Crippen LogP contribution in [0.25, 0.3) is 0 Å². The summed E-state index contributed by atoms with van der Waals surface area (Å²) in [5.41, 5.74) is 2.55. The first-order chi connectivity index (χ1) is 12.1. The summed E-state index contributed by atoms with van der Waals surface area (Å²) in [6, 6.07) is 15.2. The summed E-state index contributed by atoms with van der Waals surface area (Å²) in [6.45, 7) is 2.17. The standard InChI is InChI=1S/C21H24BrNO2/c1-3-4-5-8-17(23-16-11-13-18(25-2)14-12-16)15-21(24)19-9-6-7-10-20(19)22/h6-7,9-15,23H,3-5,8H2,1-2H3/b17-15+. The summed E-state index contributed by atoms with van der Waals surface area (Å²) < 4.78 is 6.00. The topological polar surface area (TPSA) is 38.3 Å². The molecule has 0 atom stereocenters. The molecule has 0 radical (unpaired) electrons. The zero-order valence-electron chi connectivity index (χ0n) is 14.7. The number of benzene rings is 2. The lowest BCUT2D eigenvalue weighted by molar-refractivity contribution is 0.104. The van der Waals surface area contributed by atoms with E-state index in [1.165, 1.54) is 0 Å². The Balaban J connectivity index is 2.18. The Bertz CT molecular complexity index is 723. The first-order valence-corrected chi connectivity index (χ1v) is 9.34. The predicted molar refractivity (Wildman–Crippen MR) is 107 cm³/mol. The van der Waals surface area contributed by atoms with E-state index in [4.69, 9.17) is 4.74 Å². The second-order valence-electron chi connectivity index (χ2n) is 5.82. The number of nitrogens with one attached hydrogen (secondary N) is 1. The average molecular weight is 402 g/mol. The largest absolute Gasteiger partial charge is 0.497 e. The van der Waals surface area contributed by atoms with Gasteiger partial charge in [0.25, 0.3) is 0 Å². The van der Waals surface area contributed by atoms with Crippen LogP contribution in [0.3, 0.4) is 0 Å². The maximum absolute atomic E-state index is 12.6. The average Bonchev–Trinajstić information content (AvgIpc) is 2.62. The van der Waals surface area contributed by atoms with Crippen LogP contribution in [0.15, 0.2) is 64.8 Å². The molecule has 1 N–H and O–H groups in total. The molecular weight excluding hydrogens is 378 g/mol. The van der Waals surface area contributed by atoms with Crippen molar-refractivity contribution in [2.75, 3.05) is 12.4 Å². The smallest absolute Gasteiger partial charge is 0.188 e. The van der Waals surface area contributed by atoms with Crippen molar-refractivity contribution >= 4 is 27.4 Å². The zero-order valence-corrected chi connectivity index (χ0v) is 16.3. The van der Waals surface area contributed by atoms with Gasteiger partial charge >= 0.3 is 0 Å². The van der Waals surface area contributed by atoms with Gasteiger partial charge in [0.1, 0.15) is 5.75 Å². The number of halogens is 1. The third-order valence-electron chi connectivity index (χ3n) is 3.89. The molecule has 0 aliphatic heterocycles. The van der Waals surface area contributed by atoms with E-state index >= 15 is 0 Å². The van der Waals surface area contributed by atoms with Gasteiger partial charge in [-0.15, -0.1) is 0 Å². The summed E-state index contributed by atoms with van der Waals surface area (Å²) in [5, 5.41) is 3.38. The van der Waals surface area contributed by atoms with Crippen molar-refractivity contribution < 1.29 is 9.53 Å². The Kier molecular flexibility index (Phi) is 7.74. The lowest BCUT2D eigenvalue weighted by Crippen LogP contribution is -2.05. The first kappa shape index (κ1) is 19.3. The Morgan fingerprint density at radius 2 is 1.84 bits per heavy atom. The monoisotopic (exact) mass is 401 g/mol. The lowest BCUT2D eigenvalue weighted by atomic mass is 10.1. The number of allylic oxidation sites excluding steroid dienone is 2. The van der Waals surface area contributed by atoms with Gasteiger partial charge in [-0.1, -0.05) is 47.8 Å². The third kappa shape index (κ3) is 6.05. The van der Waals surface area contributed by atoms with E-state index in [1.807, 2.05) is 48.5 Å². The number of rotatable bonds is 9. The quantitative estimate of drug-likeness (QED) is 0.308. The number of hydrogen-bond acceptors (Lipinski definition) is 3. The van der Waals surface area contributed by atoms with Crippen molar-refractivity contribution in [1.82, 2.24) is 0 Å². The Labute approximate surface area is 158 Å². The summed E-state index contributed by atoms with van der Waals surface area (Å²) in [6.07, 6.45) is 5.89. The fourth-order valence-corrected chi connectivity index (χ4v) is 2.97. The normalized spacial score (nSPS) is 11.2. The highest BCUT2D eigenvalue weighted by atomic mass is 79.9. The zero-order chi connectivity index (χ0) is 18.1. The molecule has 0 spiro atoms. The number of unbranched alkanes of at least 4 members (excludes halogenated alkanes) is 2. The number of hydrogen-bond donors (Lipinski definition) is 1. The van der Waals surface area contributed by atoms with Crippen LogP contribution in [0.2, 0.25) is 0 Å². The van der Waals surface area contributed by atoms with Crippen molar-refractivity contribution in [3.63, 3.8) is 0 Å². The van der Waals surface area contributed by atoms with Crippen LogP contribution in [-0.2, 0) is 0 Å². The number of carbonyl (C=O) groups excluding carboxylic acids is 1. The Hall–Kier alpha value is -2.07. The highest BCUT2D eigenvalue weighted by Crippen LogP contribution is 2.21. The summed E-state index contributed by atoms with van der Waals surface area (Å²) in [5.74, 6) is 0.811. The Morgan fingerprint density at radius 3 is 2.48 bits per heavy atom. The summed E-state index contributed by atoms with van der Waals surface area (Å²) in [7, 11) is 1.65. The van der Waals surface area contributed by atoms with E-state index in [1.54, 1.807) is 13.2 Å². The molecule has 3 nitrogen and oxygen atoms in total. The maximum atomic E-state index is 12.6. The second kappa shape index (κ2) is 10.0. The summed E-state index contributed by atoms with van der Waals surface area (Å²) in [4.78, 5) is 12.6. The highest BCUT2D eigenvalue weighted by Gasteiger charge is 2.09. The molecule has 0 bridgehead atoms. The molecule has 0 aliphatic carbocycles. The number of ketones is 1. The minimum atomic E-state index is -0.0000138. The Morgan fingerprint density at radius 1 is 1.12 bits per heavy atom. The van der Waals surface area contributed by atoms with Gasteiger partial charge in [0.2, 0.25) is 0 Å². The van der Waals surface area contributed by atoms with Crippen LogP contribution >= 0.6 is 15.9 Å². The molecule has 132 valence electrons. The van der Waals surface area contributed by atoms with Gasteiger partial charge in [-0.25, -0.2) is 0 Å². The molecular formula is C21H24BrNO2. The van der Waals surface area contributed by atoms with Crippen molar-refractivity contribution in [2.45, 2.75) is 32.6 Å². The van der Waals surface area contributed by atoms with Crippen LogP contribution in [0.1, 0.15) is 43.0 Å². The minimum absolute atomic E-state index is 0.0000138. The molecule has 2 aromatic carbocycles. The van der Waals surface area contributed by atoms with Crippen molar-refractivity contribution in [2.24, 2.45) is 0 Å². The molecule has 2 rings (SSSR count). The second-order valence-corrected chi connectivity index (χ2v) is 6.68. The molecule has 4 heteroatoms. The summed E-state index contributed by atoms with van der Waals surface area (Å²) >= 11 is 3.45. The molecule has 25 heavy (non-hydrogen) atoms. The molecule has 0 saturated heterocycles. The molecule has 0 saturated carbocycles. The first-order valence-electron chi connectivity index (χ1n) is 8.54. The van der Waals surface area contributed by atoms with Crippen molar-refractivity contribution in [3.8, 4) is 5.75 Å². The van der Waals surface area contributed by atoms with Crippen molar-refractivity contribution in [1.29, 1.82) is 0 Å². The molecule has 0 heterocycles. The fourth-order valence-electron chi connectivity index (χ4n) is 2.49. The molecule has 0 unspecified atom stereocenters. The highest BCUT2D eigenvalue weighted by molar-refractivity contribution is 9.10. The predicted octanol–water partition coefficient (Wildman–Crippen LogP) is 6.22. The van der Waals surface area contributed by atoms with Gasteiger partial charge in [-0.05, 0) is 49.2 Å². The van der Waals surface area contributed by atoms with E-state index in [2.05, 4.69) is 28.2 Å². The lowest BCUT2D eigenvalue weighted by Gasteiger charge is -2.12. The molecule has 0 amide bonds. The van der Waals surface area contributed by atoms with E-state index < -0.39 is 0 Å². The van der Waals surface area contributed by atoms with Gasteiger partial charge in [0.05, 0.1) is 7.11 Å². The van der Waals surface area contributed by atoms with Crippen LogP contribution < -0.4 is 10.1 Å². The molecule has 0 aliphatic rings. The van der Waals surface area contributed by atoms with E-state index in [9.17, 15) is 4.79 Å². The number of ether oxygens (including phenoxy) is 1. The number of carbonyl (C=O) groups is 1. The molecule has 2 aromatic rings. The van der Waals surface area contributed by atoms with E-state index in [-0.39, 0.29) is 5.78 Å². The van der Waals surface area contributed by atoms with Crippen LogP contribution in [0.5, 0.6) is 5.75 Å². The van der Waals surface area contributed by atoms with Crippen molar-refractivity contribution in [3.05, 3.63) is 70.3 Å². The van der Waals surface area contributed by atoms with Crippen LogP contribution in [-0.4, -0.2) is 12.9 Å². The van der Waals surface area contributed by atoms with E-state index in [0.717, 1.165) is 47.3 Å².